The second-order valence-electron chi connectivity index (χ2n) is 2.18. The smallest absolute Gasteiger partial charge is 0.433 e. The monoisotopic (exact) mass is 232 g/mol. The molecule has 0 spiro atoms. The van der Waals surface area contributed by atoms with E-state index in [1.807, 2.05) is 0 Å². The third-order valence-electron chi connectivity index (χ3n) is 1.18. The zero-order valence-corrected chi connectivity index (χ0v) is 7.13. The summed E-state index contributed by atoms with van der Waals surface area (Å²) in [4.78, 5) is 10.5. The lowest BCUT2D eigenvalue weighted by Crippen LogP contribution is -2.31. The Morgan fingerprint density at radius 1 is 1.43 bits per heavy atom. The van der Waals surface area contributed by atoms with E-state index in [-0.39, 0.29) is 0 Å². The lowest BCUT2D eigenvalue weighted by Gasteiger charge is -2.09. The summed E-state index contributed by atoms with van der Waals surface area (Å²) in [5, 5.41) is 0. The van der Waals surface area contributed by atoms with Crippen molar-refractivity contribution in [3.8, 4) is 0 Å². The van der Waals surface area contributed by atoms with Crippen LogP contribution in [0.1, 0.15) is 0 Å². The van der Waals surface area contributed by atoms with Crippen molar-refractivity contribution in [2.24, 2.45) is 0 Å². The molecular weight excluding hydrogens is 229 g/mol. The molecule has 0 aliphatic carbocycles. The highest BCUT2D eigenvalue weighted by atomic mass is 32.2. The van der Waals surface area contributed by atoms with Gasteiger partial charge in [0.05, 0.1) is 6.26 Å². The van der Waals surface area contributed by atoms with Gasteiger partial charge in [-0.3, -0.25) is 0 Å². The highest BCUT2D eigenvalue weighted by Crippen LogP contribution is 2.26. The van der Waals surface area contributed by atoms with Gasteiger partial charge >= 0.3 is 21.6 Å². The van der Waals surface area contributed by atoms with E-state index in [0.717, 1.165) is 12.3 Å². The van der Waals surface area contributed by atoms with Crippen LogP contribution >= 0.6 is 0 Å². The van der Waals surface area contributed by atoms with Gasteiger partial charge in [-0.05, 0) is 6.08 Å². The van der Waals surface area contributed by atoms with Gasteiger partial charge in [0.2, 0.25) is 0 Å². The Morgan fingerprint density at radius 2 is 2.00 bits per heavy atom. The fraction of sp³-hybridized carbons (Fsp3) is 0.400. The molecule has 80 valence electrons. The third-order valence-corrected chi connectivity index (χ3v) is 2.21. The maximum absolute atomic E-state index is 11.7. The second kappa shape index (κ2) is 3.24. The lowest BCUT2D eigenvalue weighted by atomic mass is 10.4. The minimum Gasteiger partial charge on any atom is -0.433 e. The van der Waals surface area contributed by atoms with Crippen LogP contribution in [-0.2, 0) is 23.8 Å². The van der Waals surface area contributed by atoms with E-state index in [0.29, 0.717) is 0 Å². The van der Waals surface area contributed by atoms with E-state index < -0.39 is 27.7 Å². The quantitative estimate of drug-likeness (QED) is 0.389. The van der Waals surface area contributed by atoms with Crippen molar-refractivity contribution in [1.82, 2.24) is 0 Å². The van der Waals surface area contributed by atoms with Gasteiger partial charge in [0.1, 0.15) is 0 Å². The number of rotatable bonds is 2. The predicted octanol–water partition coefficient (Wildman–Crippen LogP) is 0.292. The fourth-order valence-electron chi connectivity index (χ4n) is 0.586. The van der Waals surface area contributed by atoms with Crippen molar-refractivity contribution in [1.29, 1.82) is 0 Å². The summed E-state index contributed by atoms with van der Waals surface area (Å²) < 4.78 is 63.5. The number of hydrogen-bond donors (Lipinski definition) is 0. The molecule has 1 heterocycles. The van der Waals surface area contributed by atoms with E-state index in [4.69, 9.17) is 0 Å². The second-order valence-corrected chi connectivity index (χ2v) is 3.75. The highest BCUT2D eigenvalue weighted by molar-refractivity contribution is 7.87. The number of halogens is 3. The highest BCUT2D eigenvalue weighted by Gasteiger charge is 2.49. The van der Waals surface area contributed by atoms with Crippen LogP contribution in [-0.4, -0.2) is 26.0 Å². The predicted molar refractivity (Wildman–Crippen MR) is 35.1 cm³/mol. The average molecular weight is 232 g/mol. The van der Waals surface area contributed by atoms with Crippen LogP contribution in [0, 0.1) is 0 Å². The molecule has 14 heavy (non-hydrogen) atoms. The molecular formula is C5H3F3O5S. The minimum absolute atomic E-state index is 0.749. The Bertz CT molecular complexity index is 367. The first-order valence-corrected chi connectivity index (χ1v) is 4.51. The van der Waals surface area contributed by atoms with Crippen molar-refractivity contribution in [3.05, 3.63) is 12.3 Å². The Kier molecular flexibility index (Phi) is 2.54. The molecule has 0 N–H and O–H groups in total. The summed E-state index contributed by atoms with van der Waals surface area (Å²) >= 11 is 0. The van der Waals surface area contributed by atoms with E-state index >= 15 is 0 Å². The van der Waals surface area contributed by atoms with Gasteiger partial charge in [-0.1, -0.05) is 0 Å². The summed E-state index contributed by atoms with van der Waals surface area (Å²) in [6.07, 6.45) is -0.355. The molecule has 0 radical (unpaired) electrons. The summed E-state index contributed by atoms with van der Waals surface area (Å²) in [6, 6.07) is 0. The summed E-state index contributed by atoms with van der Waals surface area (Å²) in [5.41, 5.74) is -5.55. The Hall–Kier alpha value is -1.09. The topological polar surface area (TPSA) is 69.7 Å². The Balaban J connectivity index is 2.79. The lowest BCUT2D eigenvalue weighted by molar-refractivity contribution is -0.141. The van der Waals surface area contributed by atoms with Crippen LogP contribution in [0.25, 0.3) is 0 Å². The summed E-state index contributed by atoms with van der Waals surface area (Å²) in [7, 11) is -5.77. The Morgan fingerprint density at radius 3 is 2.36 bits per heavy atom. The molecule has 0 saturated heterocycles. The maximum atomic E-state index is 11.7. The third kappa shape index (κ3) is 2.04. The minimum atomic E-state index is -5.77. The van der Waals surface area contributed by atoms with E-state index in [2.05, 4.69) is 8.92 Å². The van der Waals surface area contributed by atoms with Gasteiger partial charge in [-0.2, -0.15) is 21.6 Å². The van der Waals surface area contributed by atoms with Crippen molar-refractivity contribution in [3.63, 3.8) is 0 Å². The number of esters is 1. The van der Waals surface area contributed by atoms with Gasteiger partial charge in [-0.25, -0.2) is 8.98 Å². The van der Waals surface area contributed by atoms with Crippen LogP contribution in [0.2, 0.25) is 0 Å². The fourth-order valence-corrected chi connectivity index (χ4v) is 1.11. The summed E-state index contributed by atoms with van der Waals surface area (Å²) in [5.74, 6) is -1.21. The first-order chi connectivity index (χ1) is 6.24. The van der Waals surface area contributed by atoms with Crippen molar-refractivity contribution in [2.75, 3.05) is 0 Å². The Labute approximate surface area is 76.2 Å². The standard InChI is InChI=1S/C5H3F3O5S/c6-5(7,8)14(10,11)13-3-1-2-12-4(3)9/h1-3H. The summed E-state index contributed by atoms with van der Waals surface area (Å²) in [6.45, 7) is 0. The number of carbonyl (C=O) groups excluding carboxylic acids is 1. The van der Waals surface area contributed by atoms with Crippen LogP contribution in [0.4, 0.5) is 13.2 Å². The normalized spacial score (nSPS) is 22.5. The first kappa shape index (κ1) is 11.0. The van der Waals surface area contributed by atoms with E-state index in [9.17, 15) is 26.4 Å². The molecule has 0 fully saturated rings. The molecule has 5 nitrogen and oxygen atoms in total. The van der Waals surface area contributed by atoms with Gasteiger partial charge in [0, 0.05) is 0 Å². The molecule has 9 heteroatoms. The van der Waals surface area contributed by atoms with Crippen molar-refractivity contribution in [2.45, 2.75) is 11.6 Å². The van der Waals surface area contributed by atoms with Crippen LogP contribution in [0.3, 0.4) is 0 Å². The molecule has 1 rings (SSSR count). The largest absolute Gasteiger partial charge is 0.523 e. The molecule has 0 aromatic carbocycles. The molecule has 0 aromatic rings. The molecule has 0 aromatic heterocycles. The van der Waals surface area contributed by atoms with Gasteiger partial charge in [-0.15, -0.1) is 0 Å². The molecule has 1 aliphatic rings. The van der Waals surface area contributed by atoms with Gasteiger partial charge in [0.15, 0.2) is 6.10 Å². The molecule has 0 bridgehead atoms. The van der Waals surface area contributed by atoms with E-state index in [1.165, 1.54) is 0 Å². The molecule has 1 unspecified atom stereocenters. The van der Waals surface area contributed by atoms with Crippen LogP contribution in [0.15, 0.2) is 12.3 Å². The number of hydrogen-bond acceptors (Lipinski definition) is 5. The molecule has 0 saturated carbocycles. The van der Waals surface area contributed by atoms with Crippen molar-refractivity contribution < 1.29 is 35.3 Å². The molecule has 1 aliphatic heterocycles. The maximum Gasteiger partial charge on any atom is 0.523 e. The zero-order chi connectivity index (χ0) is 11.0. The van der Waals surface area contributed by atoms with E-state index in [1.54, 1.807) is 0 Å². The van der Waals surface area contributed by atoms with Crippen molar-refractivity contribution >= 4 is 16.1 Å². The number of carbonyl (C=O) groups is 1. The number of alkyl halides is 3. The van der Waals surface area contributed by atoms with Gasteiger partial charge in [0.25, 0.3) is 0 Å². The molecule has 1 atom stereocenters. The number of cyclic esters (lactones) is 1. The zero-order valence-electron chi connectivity index (χ0n) is 6.32. The van der Waals surface area contributed by atoms with Gasteiger partial charge < -0.3 is 4.74 Å². The molecule has 0 amide bonds. The first-order valence-electron chi connectivity index (χ1n) is 3.11. The number of ether oxygens (including phenoxy) is 1. The average Bonchev–Trinajstić information content (AvgIpc) is 2.33. The van der Waals surface area contributed by atoms with Crippen LogP contribution < -0.4 is 0 Å². The SMILES string of the molecule is O=C1OC=CC1OS(=O)(=O)C(F)(F)F. The van der Waals surface area contributed by atoms with Crippen LogP contribution in [0.5, 0.6) is 0 Å².